The van der Waals surface area contributed by atoms with Crippen molar-refractivity contribution < 1.29 is 23.7 Å². The summed E-state index contributed by atoms with van der Waals surface area (Å²) in [6.07, 6.45) is 0.170. The summed E-state index contributed by atoms with van der Waals surface area (Å²) >= 11 is 0. The van der Waals surface area contributed by atoms with E-state index in [0.29, 0.717) is 30.4 Å². The first-order valence-electron chi connectivity index (χ1n) is 9.58. The molecule has 0 aliphatic rings. The van der Waals surface area contributed by atoms with Crippen molar-refractivity contribution in [3.63, 3.8) is 0 Å². The third-order valence-corrected chi connectivity index (χ3v) is 4.55. The van der Waals surface area contributed by atoms with Crippen LogP contribution >= 0.6 is 0 Å². The summed E-state index contributed by atoms with van der Waals surface area (Å²) in [6, 6.07) is 11.6. The highest BCUT2D eigenvalue weighted by Crippen LogP contribution is 2.39. The SMILES string of the molecule is COc1ccc(CC(=O)NCCOc2ccc(C(C)(C)C)cc2)c(OC)c1OC. The summed E-state index contributed by atoms with van der Waals surface area (Å²) in [7, 11) is 4.63. The number of methoxy groups -OCH3 is 3. The molecule has 29 heavy (non-hydrogen) atoms. The van der Waals surface area contributed by atoms with Crippen LogP contribution < -0.4 is 24.3 Å². The molecule has 0 unspecified atom stereocenters. The number of rotatable bonds is 9. The van der Waals surface area contributed by atoms with Crippen LogP contribution in [0.25, 0.3) is 0 Å². The molecule has 0 bridgehead atoms. The van der Waals surface area contributed by atoms with E-state index in [1.807, 2.05) is 12.1 Å². The predicted molar refractivity (Wildman–Crippen MR) is 113 cm³/mol. The van der Waals surface area contributed by atoms with Crippen LogP contribution in [0, 0.1) is 0 Å². The topological polar surface area (TPSA) is 66.0 Å². The number of hydrogen-bond acceptors (Lipinski definition) is 5. The van der Waals surface area contributed by atoms with Crippen LogP contribution in [0.5, 0.6) is 23.0 Å². The molecule has 0 saturated heterocycles. The third kappa shape index (κ3) is 6.04. The molecule has 6 heteroatoms. The number of nitrogens with one attached hydrogen (secondary N) is 1. The lowest BCUT2D eigenvalue weighted by molar-refractivity contribution is -0.120. The van der Waals surface area contributed by atoms with Gasteiger partial charge in [-0.05, 0) is 29.2 Å². The van der Waals surface area contributed by atoms with Crippen molar-refractivity contribution in [1.82, 2.24) is 5.32 Å². The van der Waals surface area contributed by atoms with Crippen molar-refractivity contribution >= 4 is 5.91 Å². The first-order valence-corrected chi connectivity index (χ1v) is 9.58. The maximum absolute atomic E-state index is 12.3. The van der Waals surface area contributed by atoms with Crippen LogP contribution in [-0.2, 0) is 16.6 Å². The Balaban J connectivity index is 1.86. The summed E-state index contributed by atoms with van der Waals surface area (Å²) in [5, 5.41) is 2.86. The maximum atomic E-state index is 12.3. The average molecular weight is 402 g/mol. The molecule has 0 aliphatic carbocycles. The minimum Gasteiger partial charge on any atom is -0.493 e. The summed E-state index contributed by atoms with van der Waals surface area (Å²) < 4.78 is 21.7. The van der Waals surface area contributed by atoms with E-state index in [0.717, 1.165) is 11.3 Å². The molecule has 0 saturated carbocycles. The second-order valence-electron chi connectivity index (χ2n) is 7.64. The number of benzene rings is 2. The van der Waals surface area contributed by atoms with Gasteiger partial charge in [-0.3, -0.25) is 4.79 Å². The van der Waals surface area contributed by atoms with Crippen LogP contribution in [0.15, 0.2) is 36.4 Å². The molecule has 0 atom stereocenters. The van der Waals surface area contributed by atoms with E-state index in [2.05, 4.69) is 38.2 Å². The van der Waals surface area contributed by atoms with E-state index in [4.69, 9.17) is 18.9 Å². The third-order valence-electron chi connectivity index (χ3n) is 4.55. The van der Waals surface area contributed by atoms with Gasteiger partial charge in [0.2, 0.25) is 11.7 Å². The van der Waals surface area contributed by atoms with Crippen molar-refractivity contribution in [1.29, 1.82) is 0 Å². The second kappa shape index (κ2) is 10.0. The highest BCUT2D eigenvalue weighted by molar-refractivity contribution is 5.80. The van der Waals surface area contributed by atoms with Gasteiger partial charge in [0.05, 0.1) is 34.3 Å². The number of amides is 1. The Labute approximate surface area is 173 Å². The lowest BCUT2D eigenvalue weighted by Gasteiger charge is -2.19. The molecule has 2 aromatic carbocycles. The summed E-state index contributed by atoms with van der Waals surface area (Å²) in [6.45, 7) is 7.32. The fraction of sp³-hybridized carbons (Fsp3) is 0.435. The Morgan fingerprint density at radius 3 is 2.10 bits per heavy atom. The quantitative estimate of drug-likeness (QED) is 0.649. The second-order valence-corrected chi connectivity index (χ2v) is 7.64. The van der Waals surface area contributed by atoms with Gasteiger partial charge in [0.15, 0.2) is 11.5 Å². The average Bonchev–Trinajstić information content (AvgIpc) is 2.70. The fourth-order valence-corrected chi connectivity index (χ4v) is 2.95. The zero-order valence-electron chi connectivity index (χ0n) is 18.1. The normalized spacial score (nSPS) is 11.0. The molecule has 0 spiro atoms. The first-order chi connectivity index (χ1) is 13.8. The van der Waals surface area contributed by atoms with E-state index < -0.39 is 0 Å². The number of carbonyl (C=O) groups is 1. The number of carbonyl (C=O) groups excluding carboxylic acids is 1. The summed E-state index contributed by atoms with van der Waals surface area (Å²) in [4.78, 5) is 12.3. The van der Waals surface area contributed by atoms with Gasteiger partial charge >= 0.3 is 0 Å². The van der Waals surface area contributed by atoms with Gasteiger partial charge in [0, 0.05) is 5.56 Å². The lowest BCUT2D eigenvalue weighted by atomic mass is 9.87. The molecular weight excluding hydrogens is 370 g/mol. The zero-order valence-corrected chi connectivity index (χ0v) is 18.1. The van der Waals surface area contributed by atoms with Crippen molar-refractivity contribution in [3.05, 3.63) is 47.5 Å². The Kier molecular flexibility index (Phi) is 7.76. The Hall–Kier alpha value is -2.89. The molecule has 1 N–H and O–H groups in total. The van der Waals surface area contributed by atoms with Crippen LogP contribution in [0.1, 0.15) is 31.9 Å². The fourth-order valence-electron chi connectivity index (χ4n) is 2.95. The number of ether oxygens (including phenoxy) is 4. The largest absolute Gasteiger partial charge is 0.493 e. The Morgan fingerprint density at radius 1 is 0.897 bits per heavy atom. The molecule has 0 aromatic heterocycles. The molecule has 6 nitrogen and oxygen atoms in total. The van der Waals surface area contributed by atoms with Gasteiger partial charge in [-0.1, -0.05) is 39.0 Å². The van der Waals surface area contributed by atoms with Gasteiger partial charge in [0.25, 0.3) is 0 Å². The minimum atomic E-state index is -0.123. The molecule has 2 aromatic rings. The van der Waals surface area contributed by atoms with Crippen LogP contribution in [0.2, 0.25) is 0 Å². The predicted octanol–water partition coefficient (Wildman–Crippen LogP) is 3.75. The minimum absolute atomic E-state index is 0.109. The van der Waals surface area contributed by atoms with Crippen LogP contribution in [-0.4, -0.2) is 40.4 Å². The molecule has 1 amide bonds. The van der Waals surface area contributed by atoms with E-state index in [1.165, 1.54) is 19.8 Å². The Bertz CT molecular complexity index is 809. The van der Waals surface area contributed by atoms with Crippen LogP contribution in [0.3, 0.4) is 0 Å². The standard InChI is InChI=1S/C23H31NO5/c1-23(2,3)17-8-10-18(11-9-17)29-14-13-24-20(25)15-16-7-12-19(26-4)22(28-6)21(16)27-5/h7-12H,13-15H2,1-6H3,(H,24,25). The van der Waals surface area contributed by atoms with Crippen molar-refractivity contribution in [2.75, 3.05) is 34.5 Å². The molecular formula is C23H31NO5. The summed E-state index contributed by atoms with van der Waals surface area (Å²) in [5.41, 5.74) is 2.08. The number of hydrogen-bond donors (Lipinski definition) is 1. The molecule has 0 heterocycles. The molecule has 0 aliphatic heterocycles. The summed E-state index contributed by atoms with van der Waals surface area (Å²) in [5.74, 6) is 2.19. The monoisotopic (exact) mass is 401 g/mol. The van der Waals surface area contributed by atoms with Gasteiger partial charge in [-0.25, -0.2) is 0 Å². The smallest absolute Gasteiger partial charge is 0.224 e. The lowest BCUT2D eigenvalue weighted by Crippen LogP contribution is -2.29. The molecule has 0 fully saturated rings. The van der Waals surface area contributed by atoms with E-state index in [1.54, 1.807) is 19.2 Å². The van der Waals surface area contributed by atoms with Crippen molar-refractivity contribution in [2.24, 2.45) is 0 Å². The highest BCUT2D eigenvalue weighted by Gasteiger charge is 2.17. The van der Waals surface area contributed by atoms with Gasteiger partial charge < -0.3 is 24.3 Å². The van der Waals surface area contributed by atoms with Gasteiger partial charge in [-0.15, -0.1) is 0 Å². The Morgan fingerprint density at radius 2 is 1.55 bits per heavy atom. The maximum Gasteiger partial charge on any atom is 0.224 e. The van der Waals surface area contributed by atoms with E-state index in [9.17, 15) is 4.79 Å². The highest BCUT2D eigenvalue weighted by atomic mass is 16.5. The zero-order chi connectivity index (χ0) is 21.4. The first kappa shape index (κ1) is 22.4. The van der Waals surface area contributed by atoms with E-state index in [-0.39, 0.29) is 17.7 Å². The van der Waals surface area contributed by atoms with E-state index >= 15 is 0 Å². The molecule has 158 valence electrons. The molecule has 0 radical (unpaired) electrons. The van der Waals surface area contributed by atoms with Gasteiger partial charge in [-0.2, -0.15) is 0 Å². The van der Waals surface area contributed by atoms with Gasteiger partial charge in [0.1, 0.15) is 12.4 Å². The van der Waals surface area contributed by atoms with Crippen molar-refractivity contribution in [3.8, 4) is 23.0 Å². The van der Waals surface area contributed by atoms with Crippen LogP contribution in [0.4, 0.5) is 0 Å². The molecule has 2 rings (SSSR count). The van der Waals surface area contributed by atoms with Crippen molar-refractivity contribution in [2.45, 2.75) is 32.6 Å².